The summed E-state index contributed by atoms with van der Waals surface area (Å²) >= 11 is 1.98. The second-order valence-electron chi connectivity index (χ2n) is 2.50. The van der Waals surface area contributed by atoms with Crippen molar-refractivity contribution in [3.63, 3.8) is 0 Å². The Hall–Kier alpha value is -0.300. The Labute approximate surface area is 86.7 Å². The molecule has 1 rings (SSSR count). The van der Waals surface area contributed by atoms with Crippen LogP contribution in [0.4, 0.5) is 13.2 Å². The van der Waals surface area contributed by atoms with Gasteiger partial charge < -0.3 is 5.11 Å². The van der Waals surface area contributed by atoms with E-state index in [4.69, 9.17) is 5.11 Å². The largest absolute Gasteiger partial charge is 0.418 e. The average Bonchev–Trinajstić information content (AvgIpc) is 2.03. The third-order valence-electron chi connectivity index (χ3n) is 1.50. The van der Waals surface area contributed by atoms with Crippen molar-refractivity contribution < 1.29 is 18.3 Å². The Morgan fingerprint density at radius 2 is 1.62 bits per heavy atom. The SMILES string of the molecule is O[C@H](c1ccc(I)cc1)C(F)(F)F. The monoisotopic (exact) mass is 302 g/mol. The van der Waals surface area contributed by atoms with Gasteiger partial charge in [-0.05, 0) is 40.3 Å². The molecule has 0 aliphatic rings. The molecule has 0 aliphatic carbocycles. The lowest BCUT2D eigenvalue weighted by Crippen LogP contribution is -2.19. The van der Waals surface area contributed by atoms with Crippen molar-refractivity contribution in [2.24, 2.45) is 0 Å². The number of hydrogen-bond acceptors (Lipinski definition) is 1. The summed E-state index contributed by atoms with van der Waals surface area (Å²) in [6.07, 6.45) is -6.98. The zero-order chi connectivity index (χ0) is 10.1. The van der Waals surface area contributed by atoms with E-state index in [9.17, 15) is 13.2 Å². The Balaban J connectivity index is 2.90. The van der Waals surface area contributed by atoms with E-state index in [1.54, 1.807) is 0 Å². The van der Waals surface area contributed by atoms with E-state index in [0.717, 1.165) is 3.57 Å². The Bertz CT molecular complexity index is 280. The summed E-state index contributed by atoms with van der Waals surface area (Å²) in [7, 11) is 0. The highest BCUT2D eigenvalue weighted by atomic mass is 127. The van der Waals surface area contributed by atoms with Gasteiger partial charge in [0.25, 0.3) is 0 Å². The van der Waals surface area contributed by atoms with Gasteiger partial charge in [-0.1, -0.05) is 12.1 Å². The molecule has 1 aromatic carbocycles. The van der Waals surface area contributed by atoms with Crippen LogP contribution < -0.4 is 0 Å². The molecule has 0 spiro atoms. The quantitative estimate of drug-likeness (QED) is 0.791. The Kier molecular flexibility index (Phi) is 3.18. The molecule has 5 heteroatoms. The van der Waals surface area contributed by atoms with E-state index in [0.29, 0.717) is 0 Å². The van der Waals surface area contributed by atoms with Crippen LogP contribution in [0.5, 0.6) is 0 Å². The van der Waals surface area contributed by atoms with Crippen molar-refractivity contribution in [2.75, 3.05) is 0 Å². The zero-order valence-electron chi connectivity index (χ0n) is 6.35. The lowest BCUT2D eigenvalue weighted by Gasteiger charge is -2.14. The third kappa shape index (κ3) is 2.84. The smallest absolute Gasteiger partial charge is 0.379 e. The van der Waals surface area contributed by atoms with Crippen LogP contribution in [0.2, 0.25) is 0 Å². The van der Waals surface area contributed by atoms with E-state index >= 15 is 0 Å². The number of rotatable bonds is 1. The van der Waals surface area contributed by atoms with E-state index in [-0.39, 0.29) is 5.56 Å². The van der Waals surface area contributed by atoms with Gasteiger partial charge in [0.1, 0.15) is 0 Å². The maximum absolute atomic E-state index is 12.0. The highest BCUT2D eigenvalue weighted by Crippen LogP contribution is 2.32. The van der Waals surface area contributed by atoms with E-state index in [1.165, 1.54) is 24.3 Å². The number of benzene rings is 1. The van der Waals surface area contributed by atoms with Crippen LogP contribution in [0.3, 0.4) is 0 Å². The molecule has 0 radical (unpaired) electrons. The van der Waals surface area contributed by atoms with Gasteiger partial charge in [0, 0.05) is 3.57 Å². The number of hydrogen-bond donors (Lipinski definition) is 1. The molecule has 13 heavy (non-hydrogen) atoms. The first kappa shape index (κ1) is 10.8. The molecule has 0 fully saturated rings. The van der Waals surface area contributed by atoms with E-state index in [2.05, 4.69) is 0 Å². The van der Waals surface area contributed by atoms with Crippen LogP contribution in [0, 0.1) is 3.57 Å². The standard InChI is InChI=1S/C8H6F3IO/c9-8(10,11)7(13)5-1-3-6(12)4-2-5/h1-4,7,13H/t7-/m1/s1. The number of halogens is 4. The van der Waals surface area contributed by atoms with Crippen LogP contribution in [-0.2, 0) is 0 Å². The molecule has 0 heterocycles. The number of aliphatic hydroxyl groups is 1. The molecule has 0 amide bonds. The molecule has 0 aliphatic heterocycles. The van der Waals surface area contributed by atoms with Gasteiger partial charge in [-0.3, -0.25) is 0 Å². The maximum Gasteiger partial charge on any atom is 0.418 e. The summed E-state index contributed by atoms with van der Waals surface area (Å²) < 4.78 is 36.8. The van der Waals surface area contributed by atoms with Crippen molar-refractivity contribution in [3.8, 4) is 0 Å². The molecule has 0 aromatic heterocycles. The molecular formula is C8H6F3IO. The van der Waals surface area contributed by atoms with Gasteiger partial charge in [0.2, 0.25) is 0 Å². The fraction of sp³-hybridized carbons (Fsp3) is 0.250. The Morgan fingerprint density at radius 3 is 2.00 bits per heavy atom. The normalized spacial score (nSPS) is 14.2. The molecule has 0 saturated heterocycles. The minimum atomic E-state index is -4.59. The van der Waals surface area contributed by atoms with Gasteiger partial charge in [0.15, 0.2) is 6.10 Å². The second-order valence-corrected chi connectivity index (χ2v) is 3.74. The van der Waals surface area contributed by atoms with Crippen LogP contribution in [0.1, 0.15) is 11.7 Å². The summed E-state index contributed by atoms with van der Waals surface area (Å²) in [6, 6.07) is 5.57. The summed E-state index contributed by atoms with van der Waals surface area (Å²) in [5, 5.41) is 8.82. The predicted molar refractivity (Wildman–Crippen MR) is 50.2 cm³/mol. The summed E-state index contributed by atoms with van der Waals surface area (Å²) in [6.45, 7) is 0. The molecule has 1 aromatic rings. The highest BCUT2D eigenvalue weighted by molar-refractivity contribution is 14.1. The first-order valence-electron chi connectivity index (χ1n) is 3.41. The molecule has 0 unspecified atom stereocenters. The molecule has 0 saturated carbocycles. The van der Waals surface area contributed by atoms with Gasteiger partial charge in [0.05, 0.1) is 0 Å². The molecule has 1 N–H and O–H groups in total. The summed E-state index contributed by atoms with van der Waals surface area (Å²) in [4.78, 5) is 0. The fourth-order valence-corrected chi connectivity index (χ4v) is 1.19. The van der Waals surface area contributed by atoms with E-state index in [1.807, 2.05) is 22.6 Å². The van der Waals surface area contributed by atoms with Gasteiger partial charge in [-0.25, -0.2) is 0 Å². The minimum absolute atomic E-state index is 0.132. The van der Waals surface area contributed by atoms with Crippen molar-refractivity contribution in [2.45, 2.75) is 12.3 Å². The van der Waals surface area contributed by atoms with Gasteiger partial charge in [-0.2, -0.15) is 13.2 Å². The van der Waals surface area contributed by atoms with Gasteiger partial charge >= 0.3 is 6.18 Å². The summed E-state index contributed by atoms with van der Waals surface area (Å²) in [5.41, 5.74) is -0.132. The predicted octanol–water partition coefficient (Wildman–Crippen LogP) is 2.89. The second kappa shape index (κ2) is 3.83. The van der Waals surface area contributed by atoms with E-state index < -0.39 is 12.3 Å². The lowest BCUT2D eigenvalue weighted by atomic mass is 10.1. The molecule has 1 nitrogen and oxygen atoms in total. The number of aliphatic hydroxyl groups excluding tert-OH is 1. The van der Waals surface area contributed by atoms with Crippen molar-refractivity contribution in [1.29, 1.82) is 0 Å². The van der Waals surface area contributed by atoms with Crippen molar-refractivity contribution in [3.05, 3.63) is 33.4 Å². The topological polar surface area (TPSA) is 20.2 Å². The minimum Gasteiger partial charge on any atom is -0.379 e. The van der Waals surface area contributed by atoms with Crippen LogP contribution >= 0.6 is 22.6 Å². The third-order valence-corrected chi connectivity index (χ3v) is 2.21. The zero-order valence-corrected chi connectivity index (χ0v) is 8.50. The summed E-state index contributed by atoms with van der Waals surface area (Å²) in [5.74, 6) is 0. The highest BCUT2D eigenvalue weighted by Gasteiger charge is 2.39. The molecule has 1 atom stereocenters. The van der Waals surface area contributed by atoms with Crippen molar-refractivity contribution >= 4 is 22.6 Å². The number of alkyl halides is 3. The molecule has 0 bridgehead atoms. The first-order valence-corrected chi connectivity index (χ1v) is 4.49. The van der Waals surface area contributed by atoms with Gasteiger partial charge in [-0.15, -0.1) is 0 Å². The van der Waals surface area contributed by atoms with Crippen LogP contribution in [-0.4, -0.2) is 11.3 Å². The lowest BCUT2D eigenvalue weighted by molar-refractivity contribution is -0.206. The molecule has 72 valence electrons. The first-order chi connectivity index (χ1) is 5.91. The van der Waals surface area contributed by atoms with Crippen LogP contribution in [0.25, 0.3) is 0 Å². The molecular weight excluding hydrogens is 296 g/mol. The van der Waals surface area contributed by atoms with Crippen molar-refractivity contribution in [1.82, 2.24) is 0 Å². The maximum atomic E-state index is 12.0. The van der Waals surface area contributed by atoms with Crippen LogP contribution in [0.15, 0.2) is 24.3 Å². The Morgan fingerprint density at radius 1 is 1.15 bits per heavy atom. The fourth-order valence-electron chi connectivity index (χ4n) is 0.834. The average molecular weight is 302 g/mol.